The van der Waals surface area contributed by atoms with Gasteiger partial charge in [-0.2, -0.15) is 0 Å². The molecule has 0 aliphatic rings. The van der Waals surface area contributed by atoms with Crippen molar-refractivity contribution in [3.63, 3.8) is 0 Å². The maximum absolute atomic E-state index is 11.8. The highest BCUT2D eigenvalue weighted by Gasteiger charge is 2.07. The molecule has 2 amide bonds. The smallest absolute Gasteiger partial charge is 0.251 e. The second kappa shape index (κ2) is 6.56. The molecule has 2 aromatic rings. The van der Waals surface area contributed by atoms with Crippen LogP contribution in [0, 0.1) is 6.92 Å². The molecule has 1 aromatic carbocycles. The van der Waals surface area contributed by atoms with Gasteiger partial charge in [-0.1, -0.05) is 17.7 Å². The minimum Gasteiger partial charge on any atom is -0.367 e. The van der Waals surface area contributed by atoms with Crippen molar-refractivity contribution in [2.75, 3.05) is 6.54 Å². The lowest BCUT2D eigenvalue weighted by molar-refractivity contribution is -0.120. The Balaban J connectivity index is 1.75. The van der Waals surface area contributed by atoms with Crippen molar-refractivity contribution in [1.82, 2.24) is 15.6 Å². The van der Waals surface area contributed by atoms with E-state index in [1.165, 1.54) is 0 Å². The number of rotatable bonds is 5. The van der Waals surface area contributed by atoms with Crippen LogP contribution in [0.4, 0.5) is 0 Å². The number of hydrogen-bond donors (Lipinski definition) is 3. The number of aromatic amines is 1. The first-order valence-electron chi connectivity index (χ1n) is 6.38. The fourth-order valence-corrected chi connectivity index (χ4v) is 1.70. The summed E-state index contributed by atoms with van der Waals surface area (Å²) in [5.41, 5.74) is 2.63. The van der Waals surface area contributed by atoms with Crippen molar-refractivity contribution in [3.8, 4) is 0 Å². The van der Waals surface area contributed by atoms with Crippen LogP contribution in [0.3, 0.4) is 0 Å². The molecule has 0 bridgehead atoms. The van der Waals surface area contributed by atoms with Gasteiger partial charge in [0.1, 0.15) is 0 Å². The van der Waals surface area contributed by atoms with Crippen LogP contribution in [0.2, 0.25) is 0 Å². The van der Waals surface area contributed by atoms with Crippen LogP contribution < -0.4 is 10.6 Å². The lowest BCUT2D eigenvalue weighted by Gasteiger charge is -2.06. The molecule has 3 N–H and O–H groups in total. The quantitative estimate of drug-likeness (QED) is 0.768. The lowest BCUT2D eigenvalue weighted by atomic mass is 10.1. The van der Waals surface area contributed by atoms with Crippen LogP contribution in [0.15, 0.2) is 42.7 Å². The Kier molecular flexibility index (Phi) is 4.55. The number of amides is 2. The van der Waals surface area contributed by atoms with E-state index in [4.69, 9.17) is 0 Å². The van der Waals surface area contributed by atoms with Crippen molar-refractivity contribution in [2.24, 2.45) is 0 Å². The molecule has 104 valence electrons. The molecule has 2 rings (SSSR count). The van der Waals surface area contributed by atoms with Gasteiger partial charge in [0.2, 0.25) is 5.91 Å². The maximum atomic E-state index is 11.8. The van der Waals surface area contributed by atoms with Crippen molar-refractivity contribution in [2.45, 2.75) is 13.5 Å². The summed E-state index contributed by atoms with van der Waals surface area (Å²) in [5, 5.41) is 5.32. The lowest BCUT2D eigenvalue weighted by Crippen LogP contribution is -2.36. The van der Waals surface area contributed by atoms with E-state index < -0.39 is 0 Å². The third-order valence-corrected chi connectivity index (χ3v) is 2.88. The summed E-state index contributed by atoms with van der Waals surface area (Å²) >= 11 is 0. The average Bonchev–Trinajstić information content (AvgIpc) is 2.96. The molecule has 0 fully saturated rings. The van der Waals surface area contributed by atoms with Crippen LogP contribution in [0.25, 0.3) is 0 Å². The summed E-state index contributed by atoms with van der Waals surface area (Å²) in [6, 6.07) is 9.08. The average molecular weight is 271 g/mol. The zero-order valence-electron chi connectivity index (χ0n) is 11.3. The van der Waals surface area contributed by atoms with Gasteiger partial charge in [0.25, 0.3) is 5.91 Å². The first-order chi connectivity index (χ1) is 9.65. The van der Waals surface area contributed by atoms with Gasteiger partial charge in [0.15, 0.2) is 0 Å². The van der Waals surface area contributed by atoms with E-state index in [1.807, 2.05) is 31.3 Å². The molecule has 0 aliphatic carbocycles. The zero-order valence-corrected chi connectivity index (χ0v) is 11.3. The summed E-state index contributed by atoms with van der Waals surface area (Å²) in [5.74, 6) is -0.464. The van der Waals surface area contributed by atoms with Crippen molar-refractivity contribution < 1.29 is 9.59 Å². The van der Waals surface area contributed by atoms with Crippen molar-refractivity contribution in [3.05, 3.63) is 59.4 Å². The van der Waals surface area contributed by atoms with E-state index in [0.29, 0.717) is 12.1 Å². The van der Waals surface area contributed by atoms with E-state index in [1.54, 1.807) is 18.3 Å². The molecular formula is C15H17N3O2. The summed E-state index contributed by atoms with van der Waals surface area (Å²) in [6.07, 6.45) is 3.60. The minimum atomic E-state index is -0.248. The predicted molar refractivity (Wildman–Crippen MR) is 76.2 cm³/mol. The van der Waals surface area contributed by atoms with Crippen molar-refractivity contribution in [1.29, 1.82) is 0 Å². The Hall–Kier alpha value is -2.56. The second-order valence-corrected chi connectivity index (χ2v) is 4.54. The number of carbonyl (C=O) groups is 2. The van der Waals surface area contributed by atoms with Crippen LogP contribution in [-0.2, 0) is 11.3 Å². The predicted octanol–water partition coefficient (Wildman–Crippen LogP) is 1.37. The standard InChI is InChI=1S/C15H17N3O2/c1-11-2-4-13(5-3-11)15(20)18-10-14(19)17-9-12-6-7-16-8-12/h2-8,16H,9-10H2,1H3,(H,17,19)(H,18,20). The van der Waals surface area contributed by atoms with Gasteiger partial charge >= 0.3 is 0 Å². The molecule has 5 nitrogen and oxygen atoms in total. The first-order valence-corrected chi connectivity index (χ1v) is 6.38. The number of hydrogen-bond acceptors (Lipinski definition) is 2. The molecule has 1 heterocycles. The molecule has 0 atom stereocenters. The van der Waals surface area contributed by atoms with Gasteiger partial charge in [0, 0.05) is 24.5 Å². The van der Waals surface area contributed by atoms with E-state index in [-0.39, 0.29) is 18.4 Å². The molecule has 0 aliphatic heterocycles. The third kappa shape index (κ3) is 3.98. The SMILES string of the molecule is Cc1ccc(C(=O)NCC(=O)NCc2cc[nH]c2)cc1. The zero-order chi connectivity index (χ0) is 14.4. The highest BCUT2D eigenvalue weighted by atomic mass is 16.2. The van der Waals surface area contributed by atoms with Gasteiger partial charge in [-0.3, -0.25) is 9.59 Å². The summed E-state index contributed by atoms with van der Waals surface area (Å²) in [6.45, 7) is 2.37. The highest BCUT2D eigenvalue weighted by Crippen LogP contribution is 2.02. The van der Waals surface area contributed by atoms with Gasteiger partial charge < -0.3 is 15.6 Å². The van der Waals surface area contributed by atoms with E-state index in [2.05, 4.69) is 15.6 Å². The van der Waals surface area contributed by atoms with Crippen LogP contribution in [0.5, 0.6) is 0 Å². The van der Waals surface area contributed by atoms with Gasteiger partial charge in [-0.25, -0.2) is 0 Å². The monoisotopic (exact) mass is 271 g/mol. The molecule has 0 saturated carbocycles. The Bertz CT molecular complexity index is 574. The second-order valence-electron chi connectivity index (χ2n) is 4.54. The number of aryl methyl sites for hydroxylation is 1. The topological polar surface area (TPSA) is 74.0 Å². The van der Waals surface area contributed by atoms with Crippen LogP contribution >= 0.6 is 0 Å². The molecule has 0 spiro atoms. The molecule has 1 aromatic heterocycles. The molecular weight excluding hydrogens is 254 g/mol. The highest BCUT2D eigenvalue weighted by molar-refractivity contribution is 5.96. The summed E-state index contributed by atoms with van der Waals surface area (Å²) in [7, 11) is 0. The molecule has 0 unspecified atom stereocenters. The molecule has 0 saturated heterocycles. The summed E-state index contributed by atoms with van der Waals surface area (Å²) < 4.78 is 0. The Labute approximate surface area is 117 Å². The van der Waals surface area contributed by atoms with Crippen LogP contribution in [0.1, 0.15) is 21.5 Å². The van der Waals surface area contributed by atoms with E-state index in [0.717, 1.165) is 11.1 Å². The molecule has 5 heteroatoms. The molecule has 20 heavy (non-hydrogen) atoms. The van der Waals surface area contributed by atoms with Gasteiger partial charge in [-0.05, 0) is 30.7 Å². The number of H-pyrrole nitrogens is 1. The minimum absolute atomic E-state index is 0.0306. The number of nitrogens with one attached hydrogen (secondary N) is 3. The van der Waals surface area contributed by atoms with Crippen LogP contribution in [-0.4, -0.2) is 23.3 Å². The number of benzene rings is 1. The van der Waals surface area contributed by atoms with Gasteiger partial charge in [-0.15, -0.1) is 0 Å². The molecule has 0 radical (unpaired) electrons. The van der Waals surface area contributed by atoms with Crippen molar-refractivity contribution >= 4 is 11.8 Å². The Morgan fingerprint density at radius 1 is 1.10 bits per heavy atom. The van der Waals surface area contributed by atoms with E-state index in [9.17, 15) is 9.59 Å². The largest absolute Gasteiger partial charge is 0.367 e. The first kappa shape index (κ1) is 13.9. The normalized spacial score (nSPS) is 10.1. The fraction of sp³-hybridized carbons (Fsp3) is 0.200. The van der Waals surface area contributed by atoms with E-state index >= 15 is 0 Å². The summed E-state index contributed by atoms with van der Waals surface area (Å²) in [4.78, 5) is 26.3. The third-order valence-electron chi connectivity index (χ3n) is 2.88. The Morgan fingerprint density at radius 2 is 1.85 bits per heavy atom. The fourth-order valence-electron chi connectivity index (χ4n) is 1.70. The number of aromatic nitrogens is 1. The van der Waals surface area contributed by atoms with Gasteiger partial charge in [0.05, 0.1) is 6.54 Å². The maximum Gasteiger partial charge on any atom is 0.251 e. The number of carbonyl (C=O) groups excluding carboxylic acids is 2. The Morgan fingerprint density at radius 3 is 2.50 bits per heavy atom.